The van der Waals surface area contributed by atoms with Crippen LogP contribution in [0.15, 0.2) is 90.7 Å². The number of rotatable bonds is 16. The van der Waals surface area contributed by atoms with Gasteiger partial charge in [0, 0.05) is 6.42 Å². The molecular formula is C37H32Cl2O10. The smallest absolute Gasteiger partial charge is 0.396 e. The number of aryl methyl sites for hydroxylation is 1. The summed E-state index contributed by atoms with van der Waals surface area (Å²) in [4.78, 5) is 59.8. The van der Waals surface area contributed by atoms with Crippen LogP contribution < -0.4 is 18.9 Å². The van der Waals surface area contributed by atoms with Gasteiger partial charge in [-0.3, -0.25) is 9.59 Å². The third-order valence-electron chi connectivity index (χ3n) is 7.11. The lowest BCUT2D eigenvalue weighted by Crippen LogP contribution is -2.14. The SMILES string of the molecule is C=C(Cl)OC(=O)CCCCCCOc1ccc(OC(=O)c2ccc(OC(=O)c3ccc4cc(OC(=O)C(=O)Cl)ccc4c3)cc2CC)cc1. The number of hydrogen-bond acceptors (Lipinski definition) is 10. The van der Waals surface area contributed by atoms with Crippen LogP contribution in [-0.2, 0) is 25.5 Å². The second-order valence-electron chi connectivity index (χ2n) is 10.7. The molecule has 0 aliphatic carbocycles. The van der Waals surface area contributed by atoms with Crippen LogP contribution in [0.25, 0.3) is 10.8 Å². The Hall–Kier alpha value is -5.19. The molecule has 4 aromatic carbocycles. The largest absolute Gasteiger partial charge is 0.494 e. The summed E-state index contributed by atoms with van der Waals surface area (Å²) in [5.74, 6) is -1.39. The number of carbonyl (C=O) groups excluding carboxylic acids is 5. The Morgan fingerprint density at radius 1 is 0.653 bits per heavy atom. The molecule has 0 bridgehead atoms. The molecule has 254 valence electrons. The molecule has 0 saturated carbocycles. The van der Waals surface area contributed by atoms with Gasteiger partial charge in [0.1, 0.15) is 23.0 Å². The van der Waals surface area contributed by atoms with Crippen LogP contribution in [0.3, 0.4) is 0 Å². The quantitative estimate of drug-likeness (QED) is 0.0281. The van der Waals surface area contributed by atoms with Gasteiger partial charge in [0.2, 0.25) is 0 Å². The Bertz CT molecular complexity index is 1870. The van der Waals surface area contributed by atoms with E-state index in [0.29, 0.717) is 52.8 Å². The van der Waals surface area contributed by atoms with Gasteiger partial charge < -0.3 is 23.7 Å². The Labute approximate surface area is 292 Å². The van der Waals surface area contributed by atoms with Crippen molar-refractivity contribution < 1.29 is 47.7 Å². The summed E-state index contributed by atoms with van der Waals surface area (Å²) >= 11 is 10.6. The summed E-state index contributed by atoms with van der Waals surface area (Å²) in [7, 11) is 0. The fourth-order valence-corrected chi connectivity index (χ4v) is 4.83. The van der Waals surface area contributed by atoms with E-state index in [1.54, 1.807) is 60.7 Å². The van der Waals surface area contributed by atoms with Gasteiger partial charge in [-0.2, -0.15) is 0 Å². The second-order valence-corrected chi connectivity index (χ2v) is 11.4. The first-order chi connectivity index (χ1) is 23.5. The van der Waals surface area contributed by atoms with Gasteiger partial charge in [-0.25, -0.2) is 14.4 Å². The maximum absolute atomic E-state index is 13.0. The van der Waals surface area contributed by atoms with E-state index in [2.05, 4.69) is 6.58 Å². The van der Waals surface area contributed by atoms with Crippen molar-refractivity contribution in [3.8, 4) is 23.0 Å². The van der Waals surface area contributed by atoms with Crippen molar-refractivity contribution in [3.05, 3.63) is 107 Å². The maximum atomic E-state index is 13.0. The van der Waals surface area contributed by atoms with E-state index in [-0.39, 0.29) is 28.7 Å². The van der Waals surface area contributed by atoms with E-state index in [1.165, 1.54) is 18.2 Å². The number of fused-ring (bicyclic) bond motifs is 1. The minimum absolute atomic E-state index is 0.129. The van der Waals surface area contributed by atoms with Crippen LogP contribution in [0.5, 0.6) is 23.0 Å². The van der Waals surface area contributed by atoms with Gasteiger partial charge in [-0.1, -0.05) is 31.9 Å². The highest BCUT2D eigenvalue weighted by atomic mass is 35.5. The van der Waals surface area contributed by atoms with E-state index in [1.807, 2.05) is 6.92 Å². The molecule has 0 aliphatic heterocycles. The van der Waals surface area contributed by atoms with Crippen molar-refractivity contribution in [3.63, 3.8) is 0 Å². The molecule has 10 nitrogen and oxygen atoms in total. The molecular weight excluding hydrogens is 675 g/mol. The van der Waals surface area contributed by atoms with Crippen molar-refractivity contribution in [1.82, 2.24) is 0 Å². The van der Waals surface area contributed by atoms with Crippen LogP contribution in [0, 0.1) is 0 Å². The average molecular weight is 708 g/mol. The Morgan fingerprint density at radius 2 is 1.27 bits per heavy atom. The van der Waals surface area contributed by atoms with Gasteiger partial charge in [-0.05, 0) is 132 Å². The summed E-state index contributed by atoms with van der Waals surface area (Å²) < 4.78 is 26.5. The van der Waals surface area contributed by atoms with E-state index in [4.69, 9.17) is 46.9 Å². The van der Waals surface area contributed by atoms with Gasteiger partial charge in [0.25, 0.3) is 0 Å². The van der Waals surface area contributed by atoms with E-state index < -0.39 is 29.1 Å². The van der Waals surface area contributed by atoms with Gasteiger partial charge >= 0.3 is 29.1 Å². The molecule has 0 atom stereocenters. The summed E-state index contributed by atoms with van der Waals surface area (Å²) in [6, 6.07) is 20.8. The van der Waals surface area contributed by atoms with Crippen LogP contribution in [0.1, 0.15) is 65.3 Å². The molecule has 0 N–H and O–H groups in total. The number of halogens is 2. The topological polar surface area (TPSA) is 132 Å². The fourth-order valence-electron chi connectivity index (χ4n) is 4.71. The third-order valence-corrected chi connectivity index (χ3v) is 7.34. The molecule has 12 heteroatoms. The summed E-state index contributed by atoms with van der Waals surface area (Å²) in [6.45, 7) is 5.69. The summed E-state index contributed by atoms with van der Waals surface area (Å²) in [6.07, 6.45) is 3.99. The lowest BCUT2D eigenvalue weighted by Gasteiger charge is -2.12. The Morgan fingerprint density at radius 3 is 1.98 bits per heavy atom. The first-order valence-corrected chi connectivity index (χ1v) is 16.1. The van der Waals surface area contributed by atoms with Gasteiger partial charge in [0.15, 0.2) is 5.22 Å². The zero-order chi connectivity index (χ0) is 35.3. The van der Waals surface area contributed by atoms with Crippen LogP contribution in [0.2, 0.25) is 0 Å². The van der Waals surface area contributed by atoms with Crippen molar-refractivity contribution in [1.29, 1.82) is 0 Å². The lowest BCUT2D eigenvalue weighted by atomic mass is 10.0. The molecule has 4 aromatic rings. The number of carbonyl (C=O) groups is 5. The zero-order valence-electron chi connectivity index (χ0n) is 26.5. The number of esters is 4. The Kier molecular flexibility index (Phi) is 13.3. The molecule has 0 radical (unpaired) electrons. The number of benzene rings is 4. The molecule has 0 saturated heterocycles. The predicted octanol–water partition coefficient (Wildman–Crippen LogP) is 8.09. The van der Waals surface area contributed by atoms with Crippen molar-refractivity contribution >= 4 is 63.1 Å². The zero-order valence-corrected chi connectivity index (χ0v) is 28.0. The first-order valence-electron chi connectivity index (χ1n) is 15.3. The third kappa shape index (κ3) is 11.2. The summed E-state index contributed by atoms with van der Waals surface area (Å²) in [5.41, 5.74) is 1.24. The molecule has 0 amide bonds. The van der Waals surface area contributed by atoms with E-state index >= 15 is 0 Å². The molecule has 0 unspecified atom stereocenters. The fraction of sp³-hybridized carbons (Fsp3) is 0.216. The molecule has 0 spiro atoms. The molecule has 4 rings (SSSR count). The van der Waals surface area contributed by atoms with E-state index in [0.717, 1.165) is 19.3 Å². The summed E-state index contributed by atoms with van der Waals surface area (Å²) in [5, 5.41) is -0.0402. The predicted molar refractivity (Wildman–Crippen MR) is 182 cm³/mol. The molecule has 49 heavy (non-hydrogen) atoms. The highest BCUT2D eigenvalue weighted by Gasteiger charge is 2.17. The van der Waals surface area contributed by atoms with E-state index in [9.17, 15) is 24.0 Å². The highest BCUT2D eigenvalue weighted by molar-refractivity contribution is 6.80. The molecule has 0 fully saturated rings. The highest BCUT2D eigenvalue weighted by Crippen LogP contribution is 2.26. The van der Waals surface area contributed by atoms with Crippen LogP contribution in [0.4, 0.5) is 0 Å². The van der Waals surface area contributed by atoms with Gasteiger partial charge in [-0.15, -0.1) is 0 Å². The second kappa shape index (κ2) is 17.8. The monoisotopic (exact) mass is 706 g/mol. The first kappa shape index (κ1) is 36.6. The normalized spacial score (nSPS) is 10.6. The van der Waals surface area contributed by atoms with Gasteiger partial charge in [0.05, 0.1) is 17.7 Å². The maximum Gasteiger partial charge on any atom is 0.396 e. The van der Waals surface area contributed by atoms with Crippen LogP contribution in [-0.4, -0.2) is 35.7 Å². The van der Waals surface area contributed by atoms with Crippen LogP contribution >= 0.6 is 23.2 Å². The lowest BCUT2D eigenvalue weighted by molar-refractivity contribution is -0.143. The average Bonchev–Trinajstić information content (AvgIpc) is 3.07. The molecule has 0 aromatic heterocycles. The Balaban J connectivity index is 1.27. The molecule has 0 heterocycles. The molecule has 0 aliphatic rings. The number of hydrogen-bond donors (Lipinski definition) is 0. The van der Waals surface area contributed by atoms with Crippen molar-refractivity contribution in [2.45, 2.75) is 45.4 Å². The number of unbranched alkanes of at least 4 members (excludes halogenated alkanes) is 3. The number of ether oxygens (including phenoxy) is 5. The van der Waals surface area contributed by atoms with Crippen molar-refractivity contribution in [2.24, 2.45) is 0 Å². The minimum atomic E-state index is -1.23. The minimum Gasteiger partial charge on any atom is -0.494 e. The standard InChI is InChI=1S/C37H32Cl2O10/c1-3-24-21-31(48-35(42)27-10-9-26-22-30(12-11-25(26)20-27)49-37(44)34(39)41)17-18-32(24)36(43)47-29-15-13-28(14-16-29)45-19-7-5-4-6-8-33(40)46-23(2)38/h9-18,20-22H,2-8,19H2,1H3. The van der Waals surface area contributed by atoms with Crippen molar-refractivity contribution in [2.75, 3.05) is 6.61 Å².